The lowest BCUT2D eigenvalue weighted by Crippen LogP contribution is -2.36. The lowest BCUT2D eigenvalue weighted by Gasteiger charge is -2.19. The Labute approximate surface area is 118 Å². The van der Waals surface area contributed by atoms with Crippen molar-refractivity contribution in [2.75, 3.05) is 25.1 Å². The lowest BCUT2D eigenvalue weighted by molar-refractivity contribution is 0.167. The molecule has 2 N–H and O–H groups in total. The zero-order chi connectivity index (χ0) is 14.5. The average Bonchev–Trinajstić information content (AvgIpc) is 2.95. The van der Waals surface area contributed by atoms with Gasteiger partial charge in [-0.25, -0.2) is 4.79 Å². The predicted octanol–water partition coefficient (Wildman–Crippen LogP) is 1.46. The van der Waals surface area contributed by atoms with Crippen LogP contribution in [0.15, 0.2) is 18.3 Å². The summed E-state index contributed by atoms with van der Waals surface area (Å²) in [5.74, 6) is 0. The second-order valence-electron chi connectivity index (χ2n) is 4.93. The summed E-state index contributed by atoms with van der Waals surface area (Å²) in [6.07, 6.45) is 2.41. The summed E-state index contributed by atoms with van der Waals surface area (Å²) in [5, 5.41) is 12.5. The topological polar surface area (TPSA) is 74.7 Å². The molecule has 0 saturated carbocycles. The van der Waals surface area contributed by atoms with Crippen LogP contribution < -0.4 is 10.2 Å². The van der Waals surface area contributed by atoms with Gasteiger partial charge in [0.05, 0.1) is 36.8 Å². The molecule has 0 radical (unpaired) electrons. The van der Waals surface area contributed by atoms with Crippen molar-refractivity contribution in [2.24, 2.45) is 0 Å². The molecule has 2 unspecified atom stereocenters. The monoisotopic (exact) mass is 279 g/mol. The molecule has 1 aromatic rings. The molecule has 110 valence electrons. The average molecular weight is 279 g/mol. The normalized spacial score (nSPS) is 19.8. The molecule has 1 aromatic heterocycles. The van der Waals surface area contributed by atoms with E-state index in [9.17, 15) is 9.90 Å². The molecule has 2 rings (SSSR count). The third-order valence-electron chi connectivity index (χ3n) is 3.56. The van der Waals surface area contributed by atoms with E-state index in [-0.39, 0.29) is 6.04 Å². The minimum absolute atomic E-state index is 0.100. The smallest absolute Gasteiger partial charge is 0.407 e. The van der Waals surface area contributed by atoms with Crippen molar-refractivity contribution >= 4 is 11.8 Å². The highest BCUT2D eigenvalue weighted by Crippen LogP contribution is 2.22. The van der Waals surface area contributed by atoms with Gasteiger partial charge in [0, 0.05) is 13.1 Å². The van der Waals surface area contributed by atoms with E-state index in [2.05, 4.69) is 19.9 Å². The molecule has 1 amide bonds. The number of carbonyl (C=O) groups is 1. The van der Waals surface area contributed by atoms with Gasteiger partial charge in [-0.05, 0) is 25.0 Å². The second kappa shape index (κ2) is 6.56. The standard InChI is InChI=1S/C14H21N3O3/c1-3-13(18)12-5-4-11(8-15-12)17-7-6-10(9-17)16-14(19)20-2/h4-5,8,10,13,18H,3,6-7,9H2,1-2H3,(H,16,19). The Morgan fingerprint density at radius 3 is 3.05 bits per heavy atom. The Bertz CT molecular complexity index is 449. The minimum atomic E-state index is -0.503. The van der Waals surface area contributed by atoms with Gasteiger partial charge in [-0.1, -0.05) is 6.92 Å². The Kier molecular flexibility index (Phi) is 4.79. The summed E-state index contributed by atoms with van der Waals surface area (Å²) < 4.78 is 4.60. The van der Waals surface area contributed by atoms with Crippen LogP contribution in [0.3, 0.4) is 0 Å². The van der Waals surface area contributed by atoms with Gasteiger partial charge in [0.25, 0.3) is 0 Å². The van der Waals surface area contributed by atoms with Crippen molar-refractivity contribution in [2.45, 2.75) is 31.9 Å². The van der Waals surface area contributed by atoms with Gasteiger partial charge in [-0.2, -0.15) is 0 Å². The molecule has 1 aliphatic heterocycles. The summed E-state index contributed by atoms with van der Waals surface area (Å²) in [7, 11) is 1.36. The zero-order valence-electron chi connectivity index (χ0n) is 11.9. The summed E-state index contributed by atoms with van der Waals surface area (Å²) in [5.41, 5.74) is 1.70. The van der Waals surface area contributed by atoms with E-state index < -0.39 is 12.2 Å². The van der Waals surface area contributed by atoms with Gasteiger partial charge in [0.15, 0.2) is 0 Å². The molecule has 1 aliphatic rings. The van der Waals surface area contributed by atoms with Crippen molar-refractivity contribution in [1.29, 1.82) is 0 Å². The van der Waals surface area contributed by atoms with Crippen LogP contribution in [0.2, 0.25) is 0 Å². The van der Waals surface area contributed by atoms with Gasteiger partial charge in [-0.15, -0.1) is 0 Å². The van der Waals surface area contributed by atoms with E-state index in [1.807, 2.05) is 19.1 Å². The van der Waals surface area contributed by atoms with E-state index in [0.717, 1.165) is 25.2 Å². The van der Waals surface area contributed by atoms with E-state index in [1.165, 1.54) is 7.11 Å². The number of hydrogen-bond donors (Lipinski definition) is 2. The molecule has 6 nitrogen and oxygen atoms in total. The summed E-state index contributed by atoms with van der Waals surface area (Å²) in [4.78, 5) is 17.6. The van der Waals surface area contributed by atoms with E-state index in [0.29, 0.717) is 12.1 Å². The third-order valence-corrected chi connectivity index (χ3v) is 3.56. The number of aromatic nitrogens is 1. The first-order chi connectivity index (χ1) is 9.63. The highest BCUT2D eigenvalue weighted by atomic mass is 16.5. The highest BCUT2D eigenvalue weighted by molar-refractivity contribution is 5.67. The number of ether oxygens (including phenoxy) is 1. The summed E-state index contributed by atoms with van der Waals surface area (Å²) >= 11 is 0. The van der Waals surface area contributed by atoms with Gasteiger partial charge >= 0.3 is 6.09 Å². The fourth-order valence-corrected chi connectivity index (χ4v) is 2.33. The number of anilines is 1. The number of rotatable bonds is 4. The zero-order valence-corrected chi connectivity index (χ0v) is 11.9. The number of pyridine rings is 1. The Morgan fingerprint density at radius 2 is 2.45 bits per heavy atom. The third kappa shape index (κ3) is 3.39. The van der Waals surface area contributed by atoms with E-state index in [1.54, 1.807) is 6.20 Å². The van der Waals surface area contributed by atoms with Gasteiger partial charge in [0.1, 0.15) is 0 Å². The largest absolute Gasteiger partial charge is 0.453 e. The number of hydrogen-bond acceptors (Lipinski definition) is 5. The van der Waals surface area contributed by atoms with Crippen LogP contribution in [0, 0.1) is 0 Å². The maximum Gasteiger partial charge on any atom is 0.407 e. The maximum atomic E-state index is 11.2. The first kappa shape index (κ1) is 14.6. The fourth-order valence-electron chi connectivity index (χ4n) is 2.33. The first-order valence-corrected chi connectivity index (χ1v) is 6.87. The second-order valence-corrected chi connectivity index (χ2v) is 4.93. The maximum absolute atomic E-state index is 11.2. The quantitative estimate of drug-likeness (QED) is 0.872. The van der Waals surface area contributed by atoms with Crippen molar-refractivity contribution < 1.29 is 14.6 Å². The van der Waals surface area contributed by atoms with Crippen molar-refractivity contribution in [3.63, 3.8) is 0 Å². The van der Waals surface area contributed by atoms with Crippen molar-refractivity contribution in [3.8, 4) is 0 Å². The van der Waals surface area contributed by atoms with Gasteiger partial charge in [0.2, 0.25) is 0 Å². The fraction of sp³-hybridized carbons (Fsp3) is 0.571. The number of aliphatic hydroxyl groups is 1. The minimum Gasteiger partial charge on any atom is -0.453 e. The molecular formula is C14H21N3O3. The van der Waals surface area contributed by atoms with E-state index in [4.69, 9.17) is 0 Å². The van der Waals surface area contributed by atoms with Crippen LogP contribution in [-0.2, 0) is 4.74 Å². The molecule has 0 aliphatic carbocycles. The van der Waals surface area contributed by atoms with E-state index >= 15 is 0 Å². The number of nitrogens with one attached hydrogen (secondary N) is 1. The summed E-state index contributed by atoms with van der Waals surface area (Å²) in [6.45, 7) is 3.53. The van der Waals surface area contributed by atoms with Crippen LogP contribution in [0.25, 0.3) is 0 Å². The van der Waals surface area contributed by atoms with Crippen LogP contribution in [-0.4, -0.2) is 42.4 Å². The summed E-state index contributed by atoms with van der Waals surface area (Å²) in [6, 6.07) is 3.91. The SMILES string of the molecule is CCC(O)c1ccc(N2CCC(NC(=O)OC)C2)cn1. The molecule has 20 heavy (non-hydrogen) atoms. The molecule has 2 heterocycles. The Hall–Kier alpha value is -1.82. The first-order valence-electron chi connectivity index (χ1n) is 6.87. The van der Waals surface area contributed by atoms with Gasteiger partial charge < -0.3 is 20.1 Å². The molecule has 6 heteroatoms. The molecule has 0 spiro atoms. The number of alkyl carbamates (subject to hydrolysis) is 1. The number of amides is 1. The number of nitrogens with zero attached hydrogens (tertiary/aromatic N) is 2. The molecule has 2 atom stereocenters. The van der Waals surface area contributed by atoms with Crippen LogP contribution in [0.4, 0.5) is 10.5 Å². The van der Waals surface area contributed by atoms with Crippen LogP contribution in [0.5, 0.6) is 0 Å². The number of methoxy groups -OCH3 is 1. The Morgan fingerprint density at radius 1 is 1.65 bits per heavy atom. The molecule has 1 saturated heterocycles. The Balaban J connectivity index is 1.94. The predicted molar refractivity (Wildman–Crippen MR) is 75.6 cm³/mol. The molecular weight excluding hydrogens is 258 g/mol. The molecule has 1 fully saturated rings. The number of carbonyl (C=O) groups excluding carboxylic acids is 1. The highest BCUT2D eigenvalue weighted by Gasteiger charge is 2.24. The van der Waals surface area contributed by atoms with Crippen molar-refractivity contribution in [3.05, 3.63) is 24.0 Å². The lowest BCUT2D eigenvalue weighted by atomic mass is 10.2. The van der Waals surface area contributed by atoms with Gasteiger partial charge in [-0.3, -0.25) is 4.98 Å². The van der Waals surface area contributed by atoms with Crippen LogP contribution in [0.1, 0.15) is 31.6 Å². The molecule has 0 aromatic carbocycles. The number of aliphatic hydroxyl groups excluding tert-OH is 1. The molecule has 0 bridgehead atoms. The van der Waals surface area contributed by atoms with Crippen LogP contribution >= 0.6 is 0 Å². The van der Waals surface area contributed by atoms with Crippen molar-refractivity contribution in [1.82, 2.24) is 10.3 Å².